The first kappa shape index (κ1) is 12.1. The average Bonchev–Trinajstić information content (AvgIpc) is 2.62. The molecule has 0 fully saturated rings. The molecule has 1 aromatic rings. The van der Waals surface area contributed by atoms with Crippen LogP contribution in [0.4, 0.5) is 13.2 Å². The van der Waals surface area contributed by atoms with Crippen LogP contribution in [0.15, 0.2) is 12.4 Å². The normalized spacial score (nSPS) is 14.2. The molecular weight excluding hydrogens is 205 g/mol. The lowest BCUT2D eigenvalue weighted by molar-refractivity contribution is -0.212. The first-order valence-electron chi connectivity index (χ1n) is 5.10. The van der Waals surface area contributed by atoms with E-state index >= 15 is 0 Å². The molecule has 0 radical (unpaired) electrons. The molecule has 5 heteroatoms. The van der Waals surface area contributed by atoms with E-state index in [0.29, 0.717) is 5.56 Å². The monoisotopic (exact) mass is 220 g/mol. The summed E-state index contributed by atoms with van der Waals surface area (Å²) in [4.78, 5) is 0. The molecule has 2 nitrogen and oxygen atoms in total. The highest BCUT2D eigenvalue weighted by Gasteiger charge is 2.32. The van der Waals surface area contributed by atoms with Gasteiger partial charge in [-0.1, -0.05) is 20.3 Å². The van der Waals surface area contributed by atoms with E-state index in [0.717, 1.165) is 25.5 Å². The Balaban J connectivity index is 2.82. The standard InChI is InChI=1S/C10H15F3N2/c1-3-5-8(4-2)9-6-14-15(7-9)10(11,12)13/h6-8H,3-5H2,1-2H3. The van der Waals surface area contributed by atoms with Gasteiger partial charge in [-0.05, 0) is 24.3 Å². The maximum absolute atomic E-state index is 12.3. The van der Waals surface area contributed by atoms with E-state index in [9.17, 15) is 13.2 Å². The van der Waals surface area contributed by atoms with E-state index in [1.807, 2.05) is 13.8 Å². The molecule has 1 atom stereocenters. The first-order valence-corrected chi connectivity index (χ1v) is 5.10. The molecule has 0 bridgehead atoms. The maximum Gasteiger partial charge on any atom is 0.504 e. The predicted octanol–water partition coefficient (Wildman–Crippen LogP) is 3.65. The number of aromatic nitrogens is 2. The van der Waals surface area contributed by atoms with Crippen molar-refractivity contribution in [3.8, 4) is 0 Å². The molecule has 0 N–H and O–H groups in total. The van der Waals surface area contributed by atoms with Crippen LogP contribution in [0.2, 0.25) is 0 Å². The largest absolute Gasteiger partial charge is 0.504 e. The number of halogens is 3. The molecule has 86 valence electrons. The second-order valence-electron chi connectivity index (χ2n) is 3.58. The van der Waals surface area contributed by atoms with Gasteiger partial charge < -0.3 is 0 Å². The smallest absolute Gasteiger partial charge is 0.179 e. The third-order valence-electron chi connectivity index (χ3n) is 2.46. The summed E-state index contributed by atoms with van der Waals surface area (Å²) < 4.78 is 36.8. The number of nitrogens with zero attached hydrogens (tertiary/aromatic N) is 2. The Bertz CT molecular complexity index is 304. The topological polar surface area (TPSA) is 17.8 Å². The fourth-order valence-electron chi connectivity index (χ4n) is 1.64. The fourth-order valence-corrected chi connectivity index (χ4v) is 1.64. The molecule has 1 aromatic heterocycles. The molecule has 1 rings (SSSR count). The van der Waals surface area contributed by atoms with Crippen molar-refractivity contribution in [3.05, 3.63) is 18.0 Å². The van der Waals surface area contributed by atoms with E-state index in [2.05, 4.69) is 5.10 Å². The van der Waals surface area contributed by atoms with E-state index in [1.165, 1.54) is 6.20 Å². The molecule has 15 heavy (non-hydrogen) atoms. The lowest BCUT2D eigenvalue weighted by Gasteiger charge is -2.10. The summed E-state index contributed by atoms with van der Waals surface area (Å²) in [5.74, 6) is 0.186. The van der Waals surface area contributed by atoms with E-state index in [1.54, 1.807) is 0 Å². The summed E-state index contributed by atoms with van der Waals surface area (Å²) in [7, 11) is 0. The van der Waals surface area contributed by atoms with Crippen molar-refractivity contribution < 1.29 is 13.2 Å². The number of rotatable bonds is 4. The lowest BCUT2D eigenvalue weighted by atomic mass is 9.95. The minimum atomic E-state index is -4.40. The van der Waals surface area contributed by atoms with Crippen LogP contribution in [0.3, 0.4) is 0 Å². The van der Waals surface area contributed by atoms with Crippen molar-refractivity contribution in [1.82, 2.24) is 9.78 Å². The van der Waals surface area contributed by atoms with Crippen LogP contribution in [-0.2, 0) is 6.30 Å². The van der Waals surface area contributed by atoms with Gasteiger partial charge >= 0.3 is 6.30 Å². The van der Waals surface area contributed by atoms with Crippen molar-refractivity contribution in [1.29, 1.82) is 0 Å². The van der Waals surface area contributed by atoms with Gasteiger partial charge in [0.2, 0.25) is 0 Å². The van der Waals surface area contributed by atoms with E-state index < -0.39 is 6.30 Å². The van der Waals surface area contributed by atoms with Crippen molar-refractivity contribution >= 4 is 0 Å². The Morgan fingerprint density at radius 2 is 2.07 bits per heavy atom. The van der Waals surface area contributed by atoms with E-state index in [-0.39, 0.29) is 10.6 Å². The highest BCUT2D eigenvalue weighted by molar-refractivity contribution is 5.11. The first-order chi connectivity index (χ1) is 6.99. The Hall–Kier alpha value is -1.00. The van der Waals surface area contributed by atoms with Gasteiger partial charge in [0.1, 0.15) is 0 Å². The summed E-state index contributed by atoms with van der Waals surface area (Å²) in [6.07, 6.45) is 0.719. The molecule has 0 aliphatic carbocycles. The van der Waals surface area contributed by atoms with Gasteiger partial charge in [-0.15, -0.1) is 13.2 Å². The Kier molecular flexibility index (Phi) is 3.77. The maximum atomic E-state index is 12.3. The molecule has 1 heterocycles. The Labute approximate surface area is 87.1 Å². The van der Waals surface area contributed by atoms with Crippen LogP contribution in [0, 0.1) is 0 Å². The second kappa shape index (κ2) is 4.68. The third kappa shape index (κ3) is 2.97. The molecule has 0 spiro atoms. The summed E-state index contributed by atoms with van der Waals surface area (Å²) in [5.41, 5.74) is 0.677. The van der Waals surface area contributed by atoms with Crippen LogP contribution in [0.1, 0.15) is 44.6 Å². The number of hydrogen-bond donors (Lipinski definition) is 0. The van der Waals surface area contributed by atoms with Gasteiger partial charge in [0.25, 0.3) is 0 Å². The second-order valence-corrected chi connectivity index (χ2v) is 3.58. The molecule has 0 saturated heterocycles. The highest BCUT2D eigenvalue weighted by atomic mass is 19.4. The zero-order chi connectivity index (χ0) is 11.5. The van der Waals surface area contributed by atoms with Gasteiger partial charge in [-0.25, -0.2) is 0 Å². The Morgan fingerprint density at radius 3 is 2.47 bits per heavy atom. The van der Waals surface area contributed by atoms with Gasteiger partial charge in [0.15, 0.2) is 0 Å². The SMILES string of the molecule is CCCC(CC)c1cnn(C(F)(F)F)c1. The average molecular weight is 220 g/mol. The highest BCUT2D eigenvalue weighted by Crippen LogP contribution is 2.27. The van der Waals surface area contributed by atoms with Gasteiger partial charge in [-0.2, -0.15) is 9.78 Å². The lowest BCUT2D eigenvalue weighted by Crippen LogP contribution is -2.16. The number of hydrogen-bond acceptors (Lipinski definition) is 1. The van der Waals surface area contributed by atoms with Crippen molar-refractivity contribution in [2.24, 2.45) is 0 Å². The van der Waals surface area contributed by atoms with Crippen LogP contribution in [0.25, 0.3) is 0 Å². The zero-order valence-electron chi connectivity index (χ0n) is 8.88. The quantitative estimate of drug-likeness (QED) is 0.757. The van der Waals surface area contributed by atoms with Crippen molar-refractivity contribution in [2.75, 3.05) is 0 Å². The minimum absolute atomic E-state index is 0.0701. The summed E-state index contributed by atoms with van der Waals surface area (Å²) in [5, 5.41) is 3.33. The molecule has 0 aliphatic rings. The summed E-state index contributed by atoms with van der Waals surface area (Å²) >= 11 is 0. The van der Waals surface area contributed by atoms with Crippen molar-refractivity contribution in [3.63, 3.8) is 0 Å². The van der Waals surface area contributed by atoms with E-state index in [4.69, 9.17) is 0 Å². The van der Waals surface area contributed by atoms with Gasteiger partial charge in [-0.3, -0.25) is 0 Å². The number of alkyl halides is 3. The molecule has 0 amide bonds. The minimum Gasteiger partial charge on any atom is -0.179 e. The van der Waals surface area contributed by atoms with Gasteiger partial charge in [0.05, 0.1) is 6.20 Å². The third-order valence-corrected chi connectivity index (χ3v) is 2.46. The molecule has 0 aliphatic heterocycles. The van der Waals surface area contributed by atoms with Crippen molar-refractivity contribution in [2.45, 2.75) is 45.3 Å². The summed E-state index contributed by atoms with van der Waals surface area (Å²) in [6, 6.07) is 0. The zero-order valence-corrected chi connectivity index (χ0v) is 8.88. The van der Waals surface area contributed by atoms with Crippen LogP contribution >= 0.6 is 0 Å². The molecule has 1 unspecified atom stereocenters. The molecule has 0 saturated carbocycles. The molecular formula is C10H15F3N2. The predicted molar refractivity (Wildman–Crippen MR) is 51.5 cm³/mol. The van der Waals surface area contributed by atoms with Gasteiger partial charge in [0, 0.05) is 6.20 Å². The fraction of sp³-hybridized carbons (Fsp3) is 0.700. The Morgan fingerprint density at radius 1 is 1.40 bits per heavy atom. The molecule has 0 aromatic carbocycles. The van der Waals surface area contributed by atoms with Crippen LogP contribution in [0.5, 0.6) is 0 Å². The summed E-state index contributed by atoms with van der Waals surface area (Å²) in [6.45, 7) is 4.00. The van der Waals surface area contributed by atoms with Crippen LogP contribution in [-0.4, -0.2) is 9.78 Å². The van der Waals surface area contributed by atoms with Crippen LogP contribution < -0.4 is 0 Å².